The van der Waals surface area contributed by atoms with Crippen molar-refractivity contribution in [2.45, 2.75) is 32.2 Å². The Bertz CT molecular complexity index is 1060. The third-order valence-corrected chi connectivity index (χ3v) is 5.74. The minimum absolute atomic E-state index is 0.0761. The molecule has 2 aromatic carbocycles. The summed E-state index contributed by atoms with van der Waals surface area (Å²) in [7, 11) is -3.36. The second kappa shape index (κ2) is 9.02. The average Bonchev–Trinajstić information content (AvgIpc) is 3.16. The van der Waals surface area contributed by atoms with E-state index in [2.05, 4.69) is 20.2 Å². The lowest BCUT2D eigenvalue weighted by atomic mass is 10.1. The number of H-pyrrole nitrogens is 1. The van der Waals surface area contributed by atoms with Gasteiger partial charge in [0.05, 0.1) is 23.2 Å². The number of nitrogens with one attached hydrogen (secondary N) is 3. The van der Waals surface area contributed by atoms with Crippen molar-refractivity contribution < 1.29 is 13.2 Å². The highest BCUT2D eigenvalue weighted by atomic mass is 32.2. The molecule has 29 heavy (non-hydrogen) atoms. The van der Waals surface area contributed by atoms with Crippen molar-refractivity contribution >= 4 is 15.9 Å². The third kappa shape index (κ3) is 5.75. The van der Waals surface area contributed by atoms with Crippen molar-refractivity contribution in [3.8, 4) is 11.3 Å². The maximum Gasteiger partial charge on any atom is 0.255 e. The summed E-state index contributed by atoms with van der Waals surface area (Å²) in [5, 5.41) is 9.74. The maximum atomic E-state index is 12.6. The monoisotopic (exact) mass is 412 g/mol. The van der Waals surface area contributed by atoms with Gasteiger partial charge in [-0.05, 0) is 25.0 Å². The Hall–Kier alpha value is -2.97. The molecule has 0 bridgehead atoms. The highest BCUT2D eigenvalue weighted by molar-refractivity contribution is 7.88. The fourth-order valence-electron chi connectivity index (χ4n) is 2.93. The standard InChI is InChI=1S/C21H24N4O3S/c1-15(2)25-29(27,28)14-17-10-8-16(9-11-17)12-22-21(26)19-13-23-24-20(19)18-6-4-3-5-7-18/h3-11,13,15,25H,12,14H2,1-2H3,(H,22,26)(H,23,24). The molecule has 152 valence electrons. The Morgan fingerprint density at radius 3 is 2.34 bits per heavy atom. The largest absolute Gasteiger partial charge is 0.348 e. The van der Waals surface area contributed by atoms with E-state index < -0.39 is 10.0 Å². The predicted octanol–water partition coefficient (Wildman–Crippen LogP) is 2.83. The third-order valence-electron chi connectivity index (χ3n) is 4.19. The molecule has 0 aliphatic carbocycles. The number of nitrogens with zero attached hydrogens (tertiary/aromatic N) is 1. The zero-order chi connectivity index (χ0) is 20.9. The Morgan fingerprint density at radius 1 is 1.03 bits per heavy atom. The van der Waals surface area contributed by atoms with Crippen molar-refractivity contribution in [1.29, 1.82) is 0 Å². The van der Waals surface area contributed by atoms with Gasteiger partial charge in [-0.3, -0.25) is 9.89 Å². The van der Waals surface area contributed by atoms with Crippen LogP contribution in [-0.4, -0.2) is 30.6 Å². The van der Waals surface area contributed by atoms with Crippen LogP contribution in [0.2, 0.25) is 0 Å². The number of carbonyl (C=O) groups excluding carboxylic acids is 1. The molecule has 0 radical (unpaired) electrons. The minimum Gasteiger partial charge on any atom is -0.348 e. The summed E-state index contributed by atoms with van der Waals surface area (Å²) in [6.45, 7) is 3.90. The Kier molecular flexibility index (Phi) is 6.46. The van der Waals surface area contributed by atoms with E-state index in [1.807, 2.05) is 42.5 Å². The predicted molar refractivity (Wildman–Crippen MR) is 113 cm³/mol. The first-order valence-corrected chi connectivity index (χ1v) is 10.9. The number of amides is 1. The summed E-state index contributed by atoms with van der Waals surface area (Å²) in [5.41, 5.74) is 3.59. The van der Waals surface area contributed by atoms with E-state index in [1.165, 1.54) is 6.20 Å². The van der Waals surface area contributed by atoms with Crippen LogP contribution in [0.5, 0.6) is 0 Å². The van der Waals surface area contributed by atoms with Gasteiger partial charge < -0.3 is 5.32 Å². The fraction of sp³-hybridized carbons (Fsp3) is 0.238. The zero-order valence-corrected chi connectivity index (χ0v) is 17.2. The van der Waals surface area contributed by atoms with Crippen LogP contribution >= 0.6 is 0 Å². The lowest BCUT2D eigenvalue weighted by Crippen LogP contribution is -2.31. The molecular weight excluding hydrogens is 388 g/mol. The van der Waals surface area contributed by atoms with E-state index in [1.54, 1.807) is 26.0 Å². The van der Waals surface area contributed by atoms with Gasteiger partial charge in [-0.25, -0.2) is 13.1 Å². The van der Waals surface area contributed by atoms with E-state index in [9.17, 15) is 13.2 Å². The summed E-state index contributed by atoms with van der Waals surface area (Å²) in [6, 6.07) is 16.5. The second-order valence-corrected chi connectivity index (χ2v) is 8.81. The quantitative estimate of drug-likeness (QED) is 0.529. The number of hydrogen-bond acceptors (Lipinski definition) is 4. The van der Waals surface area contributed by atoms with Crippen LogP contribution in [-0.2, 0) is 22.3 Å². The number of benzene rings is 2. The van der Waals surface area contributed by atoms with Gasteiger partial charge in [0.15, 0.2) is 0 Å². The molecule has 0 spiro atoms. The Labute approximate surface area is 170 Å². The minimum atomic E-state index is -3.36. The molecule has 0 saturated carbocycles. The molecular formula is C21H24N4O3S. The summed E-state index contributed by atoms with van der Waals surface area (Å²) in [4.78, 5) is 12.6. The number of rotatable bonds is 8. The molecule has 0 fully saturated rings. The summed E-state index contributed by atoms with van der Waals surface area (Å²) in [5.74, 6) is -0.307. The van der Waals surface area contributed by atoms with Gasteiger partial charge in [-0.1, -0.05) is 54.6 Å². The molecule has 1 heterocycles. The molecule has 0 unspecified atom stereocenters. The lowest BCUT2D eigenvalue weighted by Gasteiger charge is -2.10. The SMILES string of the molecule is CC(C)NS(=O)(=O)Cc1ccc(CNC(=O)c2cn[nH]c2-c2ccccc2)cc1. The van der Waals surface area contributed by atoms with Crippen molar-refractivity contribution in [1.82, 2.24) is 20.2 Å². The smallest absolute Gasteiger partial charge is 0.255 e. The van der Waals surface area contributed by atoms with E-state index in [0.717, 1.165) is 11.1 Å². The zero-order valence-electron chi connectivity index (χ0n) is 16.3. The molecule has 3 N–H and O–H groups in total. The Morgan fingerprint density at radius 2 is 1.69 bits per heavy atom. The summed E-state index contributed by atoms with van der Waals surface area (Å²) < 4.78 is 26.6. The van der Waals surface area contributed by atoms with Gasteiger partial charge >= 0.3 is 0 Å². The van der Waals surface area contributed by atoms with Gasteiger partial charge in [0.1, 0.15) is 0 Å². The van der Waals surface area contributed by atoms with E-state index in [4.69, 9.17) is 0 Å². The molecule has 8 heteroatoms. The van der Waals surface area contributed by atoms with E-state index in [-0.39, 0.29) is 17.7 Å². The van der Waals surface area contributed by atoms with Crippen LogP contribution in [0.25, 0.3) is 11.3 Å². The number of aromatic nitrogens is 2. The second-order valence-electron chi connectivity index (χ2n) is 7.06. The first-order valence-electron chi connectivity index (χ1n) is 9.29. The molecule has 0 aliphatic rings. The summed E-state index contributed by atoms with van der Waals surface area (Å²) in [6.07, 6.45) is 1.51. The molecule has 0 atom stereocenters. The van der Waals surface area contributed by atoms with Crippen LogP contribution in [0, 0.1) is 0 Å². The molecule has 0 aliphatic heterocycles. The van der Waals surface area contributed by atoms with Crippen molar-refractivity contribution in [3.05, 3.63) is 77.5 Å². The van der Waals surface area contributed by atoms with E-state index in [0.29, 0.717) is 23.4 Å². The van der Waals surface area contributed by atoms with Crippen molar-refractivity contribution in [3.63, 3.8) is 0 Å². The first kappa shape index (κ1) is 20.8. The summed E-state index contributed by atoms with van der Waals surface area (Å²) >= 11 is 0. The van der Waals surface area contributed by atoms with Crippen LogP contribution in [0.4, 0.5) is 0 Å². The average molecular weight is 413 g/mol. The van der Waals surface area contributed by atoms with Crippen molar-refractivity contribution in [2.75, 3.05) is 0 Å². The van der Waals surface area contributed by atoms with E-state index >= 15 is 0 Å². The van der Waals surface area contributed by atoms with Gasteiger partial charge in [0.2, 0.25) is 10.0 Å². The number of hydrogen-bond donors (Lipinski definition) is 3. The maximum absolute atomic E-state index is 12.6. The number of aromatic amines is 1. The molecule has 1 aromatic heterocycles. The van der Waals surface area contributed by atoms with Crippen LogP contribution < -0.4 is 10.0 Å². The molecule has 7 nitrogen and oxygen atoms in total. The fourth-order valence-corrected chi connectivity index (χ4v) is 4.37. The normalized spacial score (nSPS) is 11.6. The van der Waals surface area contributed by atoms with Gasteiger partial charge in [-0.15, -0.1) is 0 Å². The number of sulfonamides is 1. The molecule has 1 amide bonds. The van der Waals surface area contributed by atoms with Crippen LogP contribution in [0.3, 0.4) is 0 Å². The number of carbonyl (C=O) groups is 1. The lowest BCUT2D eigenvalue weighted by molar-refractivity contribution is 0.0951. The molecule has 0 saturated heterocycles. The highest BCUT2D eigenvalue weighted by Gasteiger charge is 2.15. The first-order chi connectivity index (χ1) is 13.8. The van der Waals surface area contributed by atoms with Crippen molar-refractivity contribution in [2.24, 2.45) is 0 Å². The molecule has 3 aromatic rings. The van der Waals surface area contributed by atoms with Gasteiger partial charge in [0.25, 0.3) is 5.91 Å². The van der Waals surface area contributed by atoms with Crippen LogP contribution in [0.15, 0.2) is 60.8 Å². The highest BCUT2D eigenvalue weighted by Crippen LogP contribution is 2.20. The Balaban J connectivity index is 1.61. The topological polar surface area (TPSA) is 104 Å². The molecule has 3 rings (SSSR count). The van der Waals surface area contributed by atoms with Gasteiger partial charge in [-0.2, -0.15) is 5.10 Å². The van der Waals surface area contributed by atoms with Gasteiger partial charge in [0, 0.05) is 18.2 Å². The van der Waals surface area contributed by atoms with Crippen LogP contribution in [0.1, 0.15) is 35.3 Å².